The van der Waals surface area contributed by atoms with E-state index in [-0.39, 0.29) is 17.6 Å². The van der Waals surface area contributed by atoms with Gasteiger partial charge in [0.05, 0.1) is 12.5 Å². The highest BCUT2D eigenvalue weighted by Crippen LogP contribution is 2.17. The van der Waals surface area contributed by atoms with E-state index in [4.69, 9.17) is 9.47 Å². The second-order valence-corrected chi connectivity index (χ2v) is 6.13. The third-order valence-corrected chi connectivity index (χ3v) is 4.18. The molecule has 0 fully saturated rings. The largest absolute Gasteiger partial charge is 0.497 e. The molecule has 1 aromatic carbocycles. The Labute approximate surface area is 159 Å². The maximum Gasteiger partial charge on any atom is 0.327 e. The number of benzene rings is 1. The molecule has 0 aliphatic carbocycles. The number of methoxy groups -OCH3 is 1. The van der Waals surface area contributed by atoms with E-state index < -0.39 is 17.2 Å². The fourth-order valence-electron chi connectivity index (χ4n) is 2.81. The van der Waals surface area contributed by atoms with Crippen LogP contribution in [0.4, 0.5) is 0 Å². The number of rotatable bonds is 7. The van der Waals surface area contributed by atoms with Gasteiger partial charge in [0, 0.05) is 31.8 Å². The molecule has 3 aromatic rings. The fourth-order valence-corrected chi connectivity index (χ4v) is 2.81. The lowest BCUT2D eigenvalue weighted by atomic mass is 10.1. The normalized spacial score (nSPS) is 10.8. The zero-order chi connectivity index (χ0) is 20.1. The van der Waals surface area contributed by atoms with Crippen molar-refractivity contribution in [3.63, 3.8) is 0 Å². The zero-order valence-corrected chi connectivity index (χ0v) is 15.5. The zero-order valence-electron chi connectivity index (χ0n) is 15.5. The van der Waals surface area contributed by atoms with Crippen molar-refractivity contribution in [1.29, 1.82) is 0 Å². The number of fused-ring (bicyclic) bond motifs is 1. The summed E-state index contributed by atoms with van der Waals surface area (Å²) >= 11 is 0. The SMILES string of the molecule is COc1ccc(CNCc2c(COC(C)=O)cnc3[nH]c(=O)[nH]c(=O)c23)cc1. The van der Waals surface area contributed by atoms with Gasteiger partial charge in [0.15, 0.2) is 0 Å². The van der Waals surface area contributed by atoms with Gasteiger partial charge in [0.2, 0.25) is 0 Å². The molecule has 0 spiro atoms. The number of ether oxygens (including phenoxy) is 2. The predicted octanol–water partition coefficient (Wildman–Crippen LogP) is 0.973. The third-order valence-electron chi connectivity index (χ3n) is 4.18. The number of H-pyrrole nitrogens is 2. The first-order valence-electron chi connectivity index (χ1n) is 8.58. The van der Waals surface area contributed by atoms with Crippen LogP contribution in [0.2, 0.25) is 0 Å². The number of nitrogens with one attached hydrogen (secondary N) is 3. The van der Waals surface area contributed by atoms with Crippen molar-refractivity contribution in [3.8, 4) is 5.75 Å². The van der Waals surface area contributed by atoms with Gasteiger partial charge in [-0.15, -0.1) is 0 Å². The van der Waals surface area contributed by atoms with Gasteiger partial charge in [-0.2, -0.15) is 0 Å². The number of pyridine rings is 1. The van der Waals surface area contributed by atoms with Gasteiger partial charge in [-0.3, -0.25) is 19.6 Å². The number of esters is 1. The summed E-state index contributed by atoms with van der Waals surface area (Å²) in [5.74, 6) is 0.329. The minimum Gasteiger partial charge on any atom is -0.497 e. The smallest absolute Gasteiger partial charge is 0.327 e. The summed E-state index contributed by atoms with van der Waals surface area (Å²) in [5.41, 5.74) is 1.23. The van der Waals surface area contributed by atoms with Crippen molar-refractivity contribution in [3.05, 3.63) is 68.0 Å². The van der Waals surface area contributed by atoms with E-state index in [9.17, 15) is 14.4 Å². The number of aromatic nitrogens is 3. The Kier molecular flexibility index (Phi) is 5.85. The predicted molar refractivity (Wildman–Crippen MR) is 102 cm³/mol. The van der Waals surface area contributed by atoms with Gasteiger partial charge < -0.3 is 14.8 Å². The molecule has 0 radical (unpaired) electrons. The van der Waals surface area contributed by atoms with Crippen LogP contribution in [0.25, 0.3) is 11.0 Å². The molecule has 28 heavy (non-hydrogen) atoms. The molecular formula is C19H20N4O5. The second kappa shape index (κ2) is 8.49. The van der Waals surface area contributed by atoms with E-state index >= 15 is 0 Å². The van der Waals surface area contributed by atoms with Gasteiger partial charge in [-0.1, -0.05) is 12.1 Å². The first kappa shape index (κ1) is 19.3. The van der Waals surface area contributed by atoms with Crippen LogP contribution in [0.3, 0.4) is 0 Å². The fraction of sp³-hybridized carbons (Fsp3) is 0.263. The molecule has 0 aliphatic rings. The Hall–Kier alpha value is -3.46. The van der Waals surface area contributed by atoms with Gasteiger partial charge in [0.1, 0.15) is 18.0 Å². The summed E-state index contributed by atoms with van der Waals surface area (Å²) < 4.78 is 10.2. The van der Waals surface area contributed by atoms with Crippen molar-refractivity contribution in [1.82, 2.24) is 20.3 Å². The Morgan fingerprint density at radius 3 is 2.57 bits per heavy atom. The molecule has 146 valence electrons. The summed E-state index contributed by atoms with van der Waals surface area (Å²) in [6.45, 7) is 2.15. The Morgan fingerprint density at radius 2 is 1.89 bits per heavy atom. The molecule has 3 rings (SSSR count). The number of hydrogen-bond donors (Lipinski definition) is 3. The minimum absolute atomic E-state index is 0.0175. The van der Waals surface area contributed by atoms with E-state index in [0.717, 1.165) is 11.3 Å². The molecule has 0 saturated carbocycles. The van der Waals surface area contributed by atoms with Gasteiger partial charge in [0.25, 0.3) is 5.56 Å². The molecule has 0 amide bonds. The molecule has 0 saturated heterocycles. The van der Waals surface area contributed by atoms with Crippen LogP contribution in [0.5, 0.6) is 5.75 Å². The Balaban J connectivity index is 1.89. The maximum atomic E-state index is 12.3. The second-order valence-electron chi connectivity index (χ2n) is 6.13. The number of nitrogens with zero attached hydrogens (tertiary/aromatic N) is 1. The van der Waals surface area contributed by atoms with Crippen LogP contribution in [0, 0.1) is 0 Å². The lowest BCUT2D eigenvalue weighted by Crippen LogP contribution is -2.25. The highest BCUT2D eigenvalue weighted by molar-refractivity contribution is 5.78. The van der Waals surface area contributed by atoms with Crippen LogP contribution in [0.1, 0.15) is 23.6 Å². The first-order chi connectivity index (χ1) is 13.5. The summed E-state index contributed by atoms with van der Waals surface area (Å²) in [4.78, 5) is 43.9. The topological polar surface area (TPSA) is 126 Å². The van der Waals surface area contributed by atoms with E-state index in [1.807, 2.05) is 24.3 Å². The van der Waals surface area contributed by atoms with Crippen molar-refractivity contribution >= 4 is 17.0 Å². The van der Waals surface area contributed by atoms with Crippen LogP contribution in [-0.4, -0.2) is 28.0 Å². The van der Waals surface area contributed by atoms with E-state index in [1.54, 1.807) is 7.11 Å². The molecule has 0 aliphatic heterocycles. The van der Waals surface area contributed by atoms with Crippen LogP contribution >= 0.6 is 0 Å². The van der Waals surface area contributed by atoms with Crippen molar-refractivity contribution < 1.29 is 14.3 Å². The summed E-state index contributed by atoms with van der Waals surface area (Å²) in [6, 6.07) is 7.59. The number of hydrogen-bond acceptors (Lipinski definition) is 7. The van der Waals surface area contributed by atoms with Crippen molar-refractivity contribution in [2.24, 2.45) is 0 Å². The van der Waals surface area contributed by atoms with E-state index in [0.29, 0.717) is 24.2 Å². The summed E-state index contributed by atoms with van der Waals surface area (Å²) in [7, 11) is 1.61. The summed E-state index contributed by atoms with van der Waals surface area (Å²) in [6.07, 6.45) is 1.49. The van der Waals surface area contributed by atoms with Gasteiger partial charge in [-0.05, 0) is 23.3 Å². The number of carbonyl (C=O) groups excluding carboxylic acids is 1. The molecule has 9 nitrogen and oxygen atoms in total. The van der Waals surface area contributed by atoms with Crippen molar-refractivity contribution in [2.75, 3.05) is 7.11 Å². The van der Waals surface area contributed by atoms with Crippen LogP contribution < -0.4 is 21.3 Å². The Bertz CT molecular complexity index is 1100. The molecule has 0 unspecified atom stereocenters. The number of carbonyl (C=O) groups is 1. The lowest BCUT2D eigenvalue weighted by Gasteiger charge is -2.13. The highest BCUT2D eigenvalue weighted by atomic mass is 16.5. The van der Waals surface area contributed by atoms with Crippen LogP contribution in [-0.2, 0) is 29.2 Å². The standard InChI is InChI=1S/C19H20N4O5/c1-11(24)28-10-13-8-21-17-16(18(25)23-19(26)22-17)15(13)9-20-7-12-3-5-14(27-2)6-4-12/h3-6,8,20H,7,9-10H2,1-2H3,(H2,21,22,23,25,26). The maximum absolute atomic E-state index is 12.3. The van der Waals surface area contributed by atoms with Crippen LogP contribution in [0.15, 0.2) is 40.1 Å². The molecular weight excluding hydrogens is 364 g/mol. The molecule has 9 heteroatoms. The quantitative estimate of drug-likeness (QED) is 0.518. The average molecular weight is 384 g/mol. The van der Waals surface area contributed by atoms with E-state index in [2.05, 4.69) is 20.3 Å². The highest BCUT2D eigenvalue weighted by Gasteiger charge is 2.14. The molecule has 0 atom stereocenters. The number of aromatic amines is 2. The monoisotopic (exact) mass is 384 g/mol. The van der Waals surface area contributed by atoms with Gasteiger partial charge >= 0.3 is 11.7 Å². The summed E-state index contributed by atoms with van der Waals surface area (Å²) in [5, 5.41) is 3.52. The molecule has 2 heterocycles. The van der Waals surface area contributed by atoms with Gasteiger partial charge in [-0.25, -0.2) is 9.78 Å². The van der Waals surface area contributed by atoms with E-state index in [1.165, 1.54) is 13.1 Å². The third kappa shape index (κ3) is 4.44. The average Bonchev–Trinajstić information content (AvgIpc) is 2.67. The van der Waals surface area contributed by atoms with Crippen molar-refractivity contribution in [2.45, 2.75) is 26.6 Å². The minimum atomic E-state index is -0.630. The Morgan fingerprint density at radius 1 is 1.14 bits per heavy atom. The first-order valence-corrected chi connectivity index (χ1v) is 8.58. The molecule has 3 N–H and O–H groups in total. The lowest BCUT2D eigenvalue weighted by molar-refractivity contribution is -0.142. The molecule has 0 bridgehead atoms. The molecule has 2 aromatic heterocycles.